The maximum atomic E-state index is 14.7. The predicted octanol–water partition coefficient (Wildman–Crippen LogP) is -1.85. The Bertz CT molecular complexity index is 3530. The van der Waals surface area contributed by atoms with Crippen LogP contribution in [0.4, 0.5) is 0 Å². The molecule has 2 aromatic heterocycles. The van der Waals surface area contributed by atoms with E-state index in [0.29, 0.717) is 27.8 Å². The third-order valence-electron chi connectivity index (χ3n) is 17.1. The van der Waals surface area contributed by atoms with Gasteiger partial charge in [-0.1, -0.05) is 52.3 Å². The molecule has 0 radical (unpaired) electrons. The highest BCUT2D eigenvalue weighted by molar-refractivity contribution is 7.90. The van der Waals surface area contributed by atoms with Crippen molar-refractivity contribution < 1.29 is 103 Å². The predicted molar refractivity (Wildman–Crippen MR) is 338 cm³/mol. The van der Waals surface area contributed by atoms with Crippen molar-refractivity contribution in [1.29, 1.82) is 0 Å². The number of aromatic nitrogens is 3. The van der Waals surface area contributed by atoms with Crippen LogP contribution in [0.1, 0.15) is 87.2 Å². The number of aliphatic hydroxyl groups is 7. The molecule has 16 N–H and O–H groups in total. The number of piperidine rings is 1. The van der Waals surface area contributed by atoms with Crippen molar-refractivity contribution in [3.05, 3.63) is 84.1 Å². The summed E-state index contributed by atoms with van der Waals surface area (Å²) < 4.78 is 16.8. The first-order chi connectivity index (χ1) is 45.9. The largest absolute Gasteiger partial charge is 0.504 e. The van der Waals surface area contributed by atoms with Gasteiger partial charge in [-0.05, 0) is 106 Å². The number of ether oxygens (including phenoxy) is 1. The number of likely N-dealkylation sites (tertiary alicyclic amines) is 1. The number of aromatic hydroxyl groups is 1. The summed E-state index contributed by atoms with van der Waals surface area (Å²) in [6, 6.07) is 4.35. The number of unbranched alkanes of at least 4 members (excludes halogenated alkanes) is 1. The number of rotatable bonds is 21. The Morgan fingerprint density at radius 1 is 0.802 bits per heavy atom. The van der Waals surface area contributed by atoms with Crippen LogP contribution in [0.15, 0.2) is 72.9 Å². The van der Waals surface area contributed by atoms with Crippen LogP contribution in [-0.2, 0) is 42.9 Å². The van der Waals surface area contributed by atoms with Crippen molar-refractivity contribution in [2.45, 2.75) is 144 Å². The molecule has 0 saturated carbocycles. The maximum absolute atomic E-state index is 14.7. The SMILES string of the molecule is CC(O)C1NC(=O)[C@@H](NC(=O)c2ccc(-c3cn4nc(-c5ccc(OCCCCN6CCCCC6)cc5)sc4n3)cc2)CC(O)CNC(=O)C2C(O)C(C)CN2C(=O)C(C(O)CC(N)=O)NC(=O)C(C(O)C(O)c2ccc(O)c(OSOOO)c2)NC(=O)C2CC(O)CN2C1=O. The third kappa shape index (κ3) is 17.7. The Morgan fingerprint density at radius 3 is 2.18 bits per heavy atom. The highest BCUT2D eigenvalue weighted by Crippen LogP contribution is 2.35. The summed E-state index contributed by atoms with van der Waals surface area (Å²) in [4.78, 5) is 123. The summed E-state index contributed by atoms with van der Waals surface area (Å²) in [6.07, 6.45) is -8.58. The molecule has 96 heavy (non-hydrogen) atoms. The number of nitrogens with one attached hydrogen (secondary N) is 5. The molecule has 4 saturated heterocycles. The summed E-state index contributed by atoms with van der Waals surface area (Å²) in [5, 5.41) is 120. The first-order valence-electron chi connectivity index (χ1n) is 31.1. The Balaban J connectivity index is 0.955. The molecule has 8 amide bonds. The van der Waals surface area contributed by atoms with Crippen LogP contribution in [-0.4, -0.2) is 241 Å². The number of primary amides is 1. The van der Waals surface area contributed by atoms with Crippen molar-refractivity contribution in [2.75, 3.05) is 45.9 Å². The van der Waals surface area contributed by atoms with Gasteiger partial charge in [0, 0.05) is 55.1 Å². The van der Waals surface area contributed by atoms with Gasteiger partial charge in [-0.2, -0.15) is 5.10 Å². The number of amides is 8. The normalized spacial score (nSPS) is 25.7. The molecule has 4 aliphatic heterocycles. The second-order valence-electron chi connectivity index (χ2n) is 24.2. The van der Waals surface area contributed by atoms with E-state index in [9.17, 15) is 79.2 Å². The second-order valence-corrected chi connectivity index (χ2v) is 25.6. The molecule has 14 atom stereocenters. The number of β-amino-alcohol motifs (C(OH)–C–C–N with tert-alkyl or cyclic N) is 1. The number of nitrogens with zero attached hydrogens (tertiary/aromatic N) is 6. The topological polar surface area (TPSA) is 482 Å². The number of nitrogens with two attached hydrogens (primary N) is 1. The molecule has 0 bridgehead atoms. The van der Waals surface area contributed by atoms with Crippen molar-refractivity contribution in [2.24, 2.45) is 11.7 Å². The molecule has 0 spiro atoms. The van der Waals surface area contributed by atoms with E-state index in [2.05, 4.69) is 40.9 Å². The molecule has 4 fully saturated rings. The standard InChI is InChI=1S/C61H78N12O21S2/c1-30-27-72-49(50(30)80)57(87)63-26-36(75)23-39(64-53(83)33-10-8-32(9-11-33)40-29-73-61(65-40)95-58(69-73)34-12-15-38(16-13-34)91-21-7-6-20-70-18-4-3-5-19-70)54(84)66-46(31(2)74)59(88)71-28-37(76)24-41(71)55(85)68-48(56(86)67-47(60(72)89)43(78)25-45(62)79)52(82)51(81)35-14-17-42(77)44(22-35)92-96-94-93-90/h8-17,22,29-31,36-37,39,41,43,46-52,74-78,80-82,90H,3-7,18-21,23-28H2,1-2H3,(H2,62,79)(H,63,87)(H,64,83)(H,66,84)(H,67,86)(H,68,85)/t30?,31?,36?,37?,39-,41?,43?,46?,47?,48?,49?,50?,51?,52?/m0/s1. The van der Waals surface area contributed by atoms with Crippen molar-refractivity contribution in [3.63, 3.8) is 0 Å². The van der Waals surface area contributed by atoms with E-state index in [0.717, 1.165) is 65.6 Å². The van der Waals surface area contributed by atoms with E-state index in [1.165, 1.54) is 62.7 Å². The van der Waals surface area contributed by atoms with E-state index >= 15 is 0 Å². The van der Waals surface area contributed by atoms with Gasteiger partial charge in [0.1, 0.15) is 59.2 Å². The summed E-state index contributed by atoms with van der Waals surface area (Å²) in [5.74, 6) is -11.2. The molecular weight excluding hydrogens is 1300 g/mol. The van der Waals surface area contributed by atoms with Crippen LogP contribution < -0.4 is 41.2 Å². The fraction of sp³-hybridized carbons (Fsp3) is 0.508. The fourth-order valence-electron chi connectivity index (χ4n) is 11.9. The lowest BCUT2D eigenvalue weighted by atomic mass is 9.96. The van der Waals surface area contributed by atoms with E-state index < -0.39 is 183 Å². The fourth-order valence-corrected chi connectivity index (χ4v) is 13.1. The summed E-state index contributed by atoms with van der Waals surface area (Å²) >= 11 is 1.33. The van der Waals surface area contributed by atoms with Gasteiger partial charge in [0.05, 0.1) is 55.4 Å². The molecule has 4 aliphatic rings. The van der Waals surface area contributed by atoms with Gasteiger partial charge in [-0.15, -0.1) is 0 Å². The molecule has 0 aliphatic carbocycles. The lowest BCUT2D eigenvalue weighted by molar-refractivity contribution is -0.433. The lowest BCUT2D eigenvalue weighted by Crippen LogP contribution is -2.64. The van der Waals surface area contributed by atoms with Crippen LogP contribution in [0.3, 0.4) is 0 Å². The van der Waals surface area contributed by atoms with Crippen LogP contribution in [0.5, 0.6) is 17.2 Å². The number of phenolic OH excluding ortho intramolecular Hbond substituents is 1. The maximum Gasteiger partial charge on any atom is 0.261 e. The van der Waals surface area contributed by atoms with Crippen LogP contribution in [0, 0.1) is 5.92 Å². The van der Waals surface area contributed by atoms with Gasteiger partial charge in [0.2, 0.25) is 46.3 Å². The Kier molecular flexibility index (Phi) is 24.6. The number of imidazole rings is 1. The van der Waals surface area contributed by atoms with Gasteiger partial charge in [0.15, 0.2) is 11.5 Å². The van der Waals surface area contributed by atoms with E-state index in [1.54, 1.807) is 22.8 Å². The van der Waals surface area contributed by atoms with Gasteiger partial charge >= 0.3 is 0 Å². The quantitative estimate of drug-likeness (QED) is 0.0166. The monoisotopic (exact) mass is 1380 g/mol. The van der Waals surface area contributed by atoms with Crippen LogP contribution >= 0.6 is 23.7 Å². The minimum absolute atomic E-state index is 0.0100. The van der Waals surface area contributed by atoms with Crippen molar-refractivity contribution >= 4 is 75.9 Å². The summed E-state index contributed by atoms with van der Waals surface area (Å²) in [5.41, 5.74) is 6.99. The van der Waals surface area contributed by atoms with E-state index in [4.69, 9.17) is 30.0 Å². The zero-order valence-electron chi connectivity index (χ0n) is 52.1. The third-order valence-corrected chi connectivity index (χ3v) is 18.5. The highest BCUT2D eigenvalue weighted by Gasteiger charge is 2.50. The molecular formula is C61H78N12O21S2. The Morgan fingerprint density at radius 2 is 1.49 bits per heavy atom. The smallest absolute Gasteiger partial charge is 0.261 e. The zero-order chi connectivity index (χ0) is 69.1. The van der Waals surface area contributed by atoms with Crippen molar-refractivity contribution in [1.82, 2.24) is 55.9 Å². The molecule has 3 aromatic carbocycles. The van der Waals surface area contributed by atoms with Crippen LogP contribution in [0.25, 0.3) is 26.8 Å². The second kappa shape index (κ2) is 32.7. The molecule has 33 nitrogen and oxygen atoms in total. The van der Waals surface area contributed by atoms with Gasteiger partial charge in [0.25, 0.3) is 18.2 Å². The average Bonchev–Trinajstić information content (AvgIpc) is 1.64. The van der Waals surface area contributed by atoms with E-state index in [-0.39, 0.29) is 23.5 Å². The lowest BCUT2D eigenvalue weighted by Gasteiger charge is -2.34. The number of benzene rings is 3. The minimum atomic E-state index is -2.53. The van der Waals surface area contributed by atoms with Gasteiger partial charge in [-0.25, -0.2) is 14.8 Å². The Hall–Kier alpha value is -8.17. The highest BCUT2D eigenvalue weighted by atomic mass is 32.2. The molecule has 5 aromatic rings. The number of phenols is 1. The number of fused-ring (bicyclic) bond motifs is 3. The molecule has 6 heterocycles. The molecule has 9 rings (SSSR count). The molecule has 13 unspecified atom stereocenters. The summed E-state index contributed by atoms with van der Waals surface area (Å²) in [6.45, 7) is 4.73. The zero-order valence-corrected chi connectivity index (χ0v) is 53.8. The number of hydrogen-bond donors (Lipinski definition) is 15. The number of aliphatic hydroxyl groups excluding tert-OH is 7. The van der Waals surface area contributed by atoms with Crippen LogP contribution in [0.2, 0.25) is 0 Å². The van der Waals surface area contributed by atoms with Gasteiger partial charge in [-0.3, -0.25) is 38.4 Å². The number of carbonyl (C=O) groups excluding carboxylic acids is 8. The number of hydrogen-bond acceptors (Lipinski definition) is 26. The number of carbonyl (C=O) groups is 8. The average molecular weight is 1380 g/mol. The molecule has 35 heteroatoms. The Labute approximate surface area is 557 Å². The minimum Gasteiger partial charge on any atom is -0.504 e. The van der Waals surface area contributed by atoms with Gasteiger partial charge < -0.3 is 96.8 Å². The first-order valence-corrected chi connectivity index (χ1v) is 32.6. The molecule has 520 valence electrons. The first kappa shape index (κ1) is 72.1. The van der Waals surface area contributed by atoms with E-state index in [1.807, 2.05) is 24.3 Å². The summed E-state index contributed by atoms with van der Waals surface area (Å²) in [7, 11) is 0. The van der Waals surface area contributed by atoms with Crippen molar-refractivity contribution in [3.8, 4) is 39.1 Å².